The SMILES string of the molecule is CCOC(=O)NN(C(=O)OCC)C(C(C)=[OH+])C(C)=NCCN=C(C)C(C(C)=[OH+])N(NC(=O)OCC)C(=O)OCC.[Cu]. The van der Waals surface area contributed by atoms with Crippen LogP contribution in [0.2, 0.25) is 0 Å². The Hall–Kier alpha value is -3.72. The normalized spacial score (nSPS) is 12.5. The van der Waals surface area contributed by atoms with E-state index in [2.05, 4.69) is 20.8 Å². The number of aliphatic imine (C=N–C) groups is 2. The van der Waals surface area contributed by atoms with Crippen LogP contribution < -0.4 is 10.9 Å². The molecule has 0 bridgehead atoms. The van der Waals surface area contributed by atoms with Crippen LogP contribution in [0.4, 0.5) is 19.2 Å². The number of ether oxygens (including phenoxy) is 4. The molecule has 237 valence electrons. The summed E-state index contributed by atoms with van der Waals surface area (Å²) in [4.78, 5) is 78.3. The van der Waals surface area contributed by atoms with Gasteiger partial charge in [0, 0.05) is 42.3 Å². The van der Waals surface area contributed by atoms with Gasteiger partial charge in [-0.1, -0.05) is 0 Å². The largest absolute Gasteiger partial charge is 0.449 e. The fraction of sp³-hybridized carbons (Fsp3) is 0.667. The summed E-state index contributed by atoms with van der Waals surface area (Å²) in [5.74, 6) is -0.516. The number of hydrogen-bond donors (Lipinski definition) is 2. The van der Waals surface area contributed by atoms with Crippen molar-refractivity contribution in [1.29, 1.82) is 0 Å². The molecule has 0 aliphatic heterocycles. The van der Waals surface area contributed by atoms with Gasteiger partial charge in [0.15, 0.2) is 0 Å². The molecule has 2 unspecified atom stereocenters. The van der Waals surface area contributed by atoms with Crippen molar-refractivity contribution in [2.24, 2.45) is 9.98 Å². The van der Waals surface area contributed by atoms with Gasteiger partial charge in [0.1, 0.15) is 0 Å². The molecule has 0 aliphatic carbocycles. The summed E-state index contributed by atoms with van der Waals surface area (Å²) in [6.07, 6.45) is -3.75. The Labute approximate surface area is 250 Å². The molecule has 4 N–H and O–H groups in total. The van der Waals surface area contributed by atoms with E-state index in [9.17, 15) is 28.8 Å². The van der Waals surface area contributed by atoms with E-state index in [0.29, 0.717) is 0 Å². The van der Waals surface area contributed by atoms with Crippen molar-refractivity contribution < 1.29 is 64.8 Å². The number of rotatable bonds is 13. The molecule has 2 atom stereocenters. The second-order valence-corrected chi connectivity index (χ2v) is 7.94. The third-order valence-corrected chi connectivity index (χ3v) is 4.83. The fourth-order valence-corrected chi connectivity index (χ4v) is 3.32. The van der Waals surface area contributed by atoms with Crippen LogP contribution in [0.3, 0.4) is 0 Å². The minimum atomic E-state index is -1.18. The predicted octanol–water partition coefficient (Wildman–Crippen LogP) is 2.01. The van der Waals surface area contributed by atoms with E-state index < -0.39 is 36.5 Å². The van der Waals surface area contributed by atoms with E-state index in [1.54, 1.807) is 27.7 Å². The number of carbonyl (C=O) groups excluding carboxylic acids is 6. The van der Waals surface area contributed by atoms with Crippen molar-refractivity contribution in [3.63, 3.8) is 0 Å². The minimum Gasteiger partial charge on any atom is -0.449 e. The number of ketones is 2. The number of carbonyl (C=O) groups is 4. The second-order valence-electron chi connectivity index (χ2n) is 7.94. The van der Waals surface area contributed by atoms with Crippen LogP contribution in [0.15, 0.2) is 9.98 Å². The fourth-order valence-electron chi connectivity index (χ4n) is 3.32. The molecule has 1 radical (unpaired) electrons. The second kappa shape index (κ2) is 21.1. The first-order valence-electron chi connectivity index (χ1n) is 12.7. The summed E-state index contributed by atoms with van der Waals surface area (Å²) < 4.78 is 19.6. The zero-order valence-corrected chi connectivity index (χ0v) is 25.6. The number of nitrogens with zero attached hydrogens (tertiary/aromatic N) is 4. The standard InChI is InChI=1S/C24H40N6O10.Cu/c1-9-37-21(33)27-29(23(35)39-11-3)19(17(7)31)15(5)25-13-14-26-16(6)20(18(8)32)30(24(36)40-12-4)28-22(34)38-10-2;/h19-20H,9-14H2,1-8H3,(H,27,33)(H,28,34);/p+2. The van der Waals surface area contributed by atoms with E-state index in [1.807, 2.05) is 0 Å². The third-order valence-electron chi connectivity index (χ3n) is 4.83. The summed E-state index contributed by atoms with van der Waals surface area (Å²) in [6.45, 7) is 12.3. The molecular weight excluding hydrogens is 596 g/mol. The molecule has 16 nitrogen and oxygen atoms in total. The molecule has 41 heavy (non-hydrogen) atoms. The predicted molar refractivity (Wildman–Crippen MR) is 147 cm³/mol. The van der Waals surface area contributed by atoms with Gasteiger partial charge in [-0.3, -0.25) is 19.6 Å². The molecule has 0 saturated heterocycles. The molecule has 0 fully saturated rings. The Morgan fingerprint density at radius 2 is 0.927 bits per heavy atom. The van der Waals surface area contributed by atoms with Crippen molar-refractivity contribution in [2.75, 3.05) is 39.5 Å². The number of hydrogen-bond acceptors (Lipinski definition) is 10. The molecule has 0 heterocycles. The van der Waals surface area contributed by atoms with Gasteiger partial charge < -0.3 is 18.9 Å². The van der Waals surface area contributed by atoms with Crippen LogP contribution in [-0.4, -0.2) is 119 Å². The van der Waals surface area contributed by atoms with Gasteiger partial charge in [-0.15, -0.1) is 0 Å². The Bertz CT molecular complexity index is 899. The van der Waals surface area contributed by atoms with Crippen LogP contribution in [0.1, 0.15) is 55.4 Å². The van der Waals surface area contributed by atoms with E-state index in [4.69, 9.17) is 18.9 Å². The summed E-state index contributed by atoms with van der Waals surface area (Å²) in [6, 6.07) is -2.36. The maximum Gasteiger partial charge on any atom is 0.430 e. The maximum atomic E-state index is 12.5. The molecule has 0 aromatic rings. The molecule has 0 saturated carbocycles. The topological polar surface area (TPSA) is 203 Å². The first-order chi connectivity index (χ1) is 18.9. The molecular formula is C24H42CuN6O10+2. The zero-order valence-electron chi connectivity index (χ0n) is 24.6. The summed E-state index contributed by atoms with van der Waals surface area (Å²) in [7, 11) is 0. The van der Waals surface area contributed by atoms with Gasteiger partial charge in [0.05, 0.1) is 39.5 Å². The maximum absolute atomic E-state index is 12.5. The van der Waals surface area contributed by atoms with Crippen LogP contribution in [0, 0.1) is 0 Å². The quantitative estimate of drug-likeness (QED) is 0.0761. The molecule has 0 aromatic carbocycles. The Morgan fingerprint density at radius 3 is 1.17 bits per heavy atom. The summed E-state index contributed by atoms with van der Waals surface area (Å²) in [5.41, 5.74) is 4.95. The van der Waals surface area contributed by atoms with Crippen molar-refractivity contribution in [3.05, 3.63) is 0 Å². The zero-order chi connectivity index (χ0) is 30.8. The molecule has 0 spiro atoms. The number of hydrazine groups is 2. The number of amides is 4. The first kappa shape index (κ1) is 39.4. The first-order valence-corrected chi connectivity index (χ1v) is 12.7. The molecule has 4 amide bonds. The van der Waals surface area contributed by atoms with Crippen LogP contribution in [-0.2, 0) is 36.0 Å². The molecule has 0 aromatic heterocycles. The third kappa shape index (κ3) is 14.0. The number of nitrogens with one attached hydrogen (secondary N) is 2. The van der Waals surface area contributed by atoms with Crippen molar-refractivity contribution in [2.45, 2.75) is 67.5 Å². The average molecular weight is 638 g/mol. The van der Waals surface area contributed by atoms with Crippen molar-refractivity contribution in [3.8, 4) is 0 Å². The van der Waals surface area contributed by atoms with Gasteiger partial charge >= 0.3 is 35.9 Å². The van der Waals surface area contributed by atoms with Crippen LogP contribution in [0.5, 0.6) is 0 Å². The summed E-state index contributed by atoms with van der Waals surface area (Å²) >= 11 is 0. The van der Waals surface area contributed by atoms with E-state index >= 15 is 0 Å². The average Bonchev–Trinajstić information content (AvgIpc) is 2.86. The molecule has 0 rings (SSSR count). The van der Waals surface area contributed by atoms with Gasteiger partial charge in [0.2, 0.25) is 12.1 Å². The summed E-state index contributed by atoms with van der Waals surface area (Å²) in [5, 5.41) is 1.53. The Kier molecular flexibility index (Phi) is 20.3. The van der Waals surface area contributed by atoms with Crippen molar-refractivity contribution in [1.82, 2.24) is 20.9 Å². The van der Waals surface area contributed by atoms with Gasteiger partial charge in [-0.25, -0.2) is 30.0 Å². The van der Waals surface area contributed by atoms with Gasteiger partial charge in [-0.2, -0.15) is 10.0 Å². The van der Waals surface area contributed by atoms with E-state index in [-0.39, 0.29) is 79.6 Å². The van der Waals surface area contributed by atoms with Crippen LogP contribution in [0.25, 0.3) is 0 Å². The monoisotopic (exact) mass is 637 g/mol. The molecule has 17 heteroatoms. The Balaban J connectivity index is 0. The van der Waals surface area contributed by atoms with E-state index in [1.165, 1.54) is 27.7 Å². The Morgan fingerprint density at radius 1 is 0.634 bits per heavy atom. The van der Waals surface area contributed by atoms with Crippen LogP contribution >= 0.6 is 0 Å². The smallest absolute Gasteiger partial charge is 0.430 e. The van der Waals surface area contributed by atoms with Gasteiger partial charge in [0.25, 0.3) is 0 Å². The van der Waals surface area contributed by atoms with E-state index in [0.717, 1.165) is 10.0 Å². The van der Waals surface area contributed by atoms with Crippen molar-refractivity contribution >= 4 is 47.4 Å². The molecule has 0 aliphatic rings. The minimum absolute atomic E-state index is 0. The van der Waals surface area contributed by atoms with Gasteiger partial charge in [-0.05, 0) is 41.5 Å².